The maximum atomic E-state index is 10.5. The van der Waals surface area contributed by atoms with Crippen LogP contribution in [0.3, 0.4) is 0 Å². The molecule has 0 aromatic carbocycles. The van der Waals surface area contributed by atoms with E-state index in [4.69, 9.17) is 10.5 Å². The van der Waals surface area contributed by atoms with Gasteiger partial charge in [-0.2, -0.15) is 0 Å². The van der Waals surface area contributed by atoms with Crippen LogP contribution in [0.1, 0.15) is 26.7 Å². The SMILES string of the molecule is CCOCCCNC(C)CC(N)=O. The van der Waals surface area contributed by atoms with Crippen LogP contribution in [0, 0.1) is 0 Å². The Bertz CT molecular complexity index is 140. The lowest BCUT2D eigenvalue weighted by Gasteiger charge is -2.11. The Balaban J connectivity index is 3.17. The lowest BCUT2D eigenvalue weighted by Crippen LogP contribution is -2.32. The summed E-state index contributed by atoms with van der Waals surface area (Å²) in [4.78, 5) is 10.5. The Morgan fingerprint density at radius 1 is 1.62 bits per heavy atom. The van der Waals surface area contributed by atoms with Crippen LogP contribution in [0.4, 0.5) is 0 Å². The molecule has 0 rings (SSSR count). The Morgan fingerprint density at radius 2 is 2.31 bits per heavy atom. The molecule has 1 amide bonds. The average molecular weight is 188 g/mol. The number of amides is 1. The number of hydrogen-bond acceptors (Lipinski definition) is 3. The minimum atomic E-state index is -0.259. The number of hydrogen-bond donors (Lipinski definition) is 2. The monoisotopic (exact) mass is 188 g/mol. The Kier molecular flexibility index (Phi) is 7.63. The van der Waals surface area contributed by atoms with Gasteiger partial charge in [-0.3, -0.25) is 4.79 Å². The highest BCUT2D eigenvalue weighted by Crippen LogP contribution is 1.89. The number of nitrogens with one attached hydrogen (secondary N) is 1. The van der Waals surface area contributed by atoms with E-state index in [9.17, 15) is 4.79 Å². The van der Waals surface area contributed by atoms with E-state index in [0.717, 1.165) is 26.2 Å². The van der Waals surface area contributed by atoms with Gasteiger partial charge in [0.1, 0.15) is 0 Å². The number of ether oxygens (including phenoxy) is 1. The van der Waals surface area contributed by atoms with Crippen molar-refractivity contribution in [1.29, 1.82) is 0 Å². The van der Waals surface area contributed by atoms with E-state index in [2.05, 4.69) is 5.32 Å². The molecule has 4 heteroatoms. The van der Waals surface area contributed by atoms with E-state index >= 15 is 0 Å². The molecule has 78 valence electrons. The zero-order chi connectivity index (χ0) is 10.1. The lowest BCUT2D eigenvalue weighted by atomic mass is 10.2. The van der Waals surface area contributed by atoms with Crippen LogP contribution in [0.15, 0.2) is 0 Å². The molecule has 3 N–H and O–H groups in total. The van der Waals surface area contributed by atoms with Crippen molar-refractivity contribution in [2.75, 3.05) is 19.8 Å². The lowest BCUT2D eigenvalue weighted by molar-refractivity contribution is -0.118. The Hall–Kier alpha value is -0.610. The summed E-state index contributed by atoms with van der Waals surface area (Å²) < 4.78 is 5.16. The molecule has 0 saturated carbocycles. The summed E-state index contributed by atoms with van der Waals surface area (Å²) in [7, 11) is 0. The second-order valence-electron chi connectivity index (χ2n) is 3.08. The molecule has 0 aliphatic rings. The molecule has 0 radical (unpaired) electrons. The van der Waals surface area contributed by atoms with Crippen LogP contribution in [-0.2, 0) is 9.53 Å². The molecule has 0 fully saturated rings. The van der Waals surface area contributed by atoms with Crippen molar-refractivity contribution in [1.82, 2.24) is 5.32 Å². The molecule has 0 aliphatic carbocycles. The molecule has 13 heavy (non-hydrogen) atoms. The highest BCUT2D eigenvalue weighted by Gasteiger charge is 2.03. The maximum Gasteiger partial charge on any atom is 0.218 e. The van der Waals surface area contributed by atoms with Crippen LogP contribution in [0.2, 0.25) is 0 Å². The second kappa shape index (κ2) is 8.01. The van der Waals surface area contributed by atoms with E-state index in [-0.39, 0.29) is 11.9 Å². The second-order valence-corrected chi connectivity index (χ2v) is 3.08. The molecule has 0 aromatic heterocycles. The highest BCUT2D eigenvalue weighted by molar-refractivity contribution is 5.74. The molecule has 1 unspecified atom stereocenters. The van der Waals surface area contributed by atoms with E-state index in [0.29, 0.717) is 6.42 Å². The number of nitrogens with two attached hydrogens (primary N) is 1. The number of primary amides is 1. The highest BCUT2D eigenvalue weighted by atomic mass is 16.5. The Morgan fingerprint density at radius 3 is 2.85 bits per heavy atom. The van der Waals surface area contributed by atoms with Gasteiger partial charge < -0.3 is 15.8 Å². The van der Waals surface area contributed by atoms with E-state index in [1.54, 1.807) is 0 Å². The first-order valence-electron chi connectivity index (χ1n) is 4.76. The fourth-order valence-corrected chi connectivity index (χ4v) is 1.04. The maximum absolute atomic E-state index is 10.5. The fourth-order valence-electron chi connectivity index (χ4n) is 1.04. The van der Waals surface area contributed by atoms with Crippen molar-refractivity contribution in [2.45, 2.75) is 32.7 Å². The van der Waals surface area contributed by atoms with Crippen LogP contribution in [0.5, 0.6) is 0 Å². The van der Waals surface area contributed by atoms with Gasteiger partial charge in [-0.05, 0) is 26.8 Å². The first-order chi connectivity index (χ1) is 6.16. The van der Waals surface area contributed by atoms with Gasteiger partial charge >= 0.3 is 0 Å². The molecule has 4 nitrogen and oxygen atoms in total. The third-order valence-electron chi connectivity index (χ3n) is 1.67. The summed E-state index contributed by atoms with van der Waals surface area (Å²) in [5.41, 5.74) is 5.04. The molecule has 0 spiro atoms. The normalized spacial score (nSPS) is 12.8. The summed E-state index contributed by atoms with van der Waals surface area (Å²) in [6, 6.07) is 0.166. The number of rotatable bonds is 8. The third kappa shape index (κ3) is 9.30. The minimum Gasteiger partial charge on any atom is -0.382 e. The minimum absolute atomic E-state index is 0.166. The third-order valence-corrected chi connectivity index (χ3v) is 1.67. The van der Waals surface area contributed by atoms with Crippen LogP contribution < -0.4 is 11.1 Å². The van der Waals surface area contributed by atoms with Crippen molar-refractivity contribution in [3.8, 4) is 0 Å². The molecular weight excluding hydrogens is 168 g/mol. The van der Waals surface area contributed by atoms with Gasteiger partial charge in [-0.15, -0.1) is 0 Å². The molecule has 0 aliphatic heterocycles. The molecule has 0 aromatic rings. The predicted molar refractivity (Wildman–Crippen MR) is 52.4 cm³/mol. The van der Waals surface area contributed by atoms with Crippen LogP contribution >= 0.6 is 0 Å². The average Bonchev–Trinajstić information content (AvgIpc) is 2.02. The molecule has 0 bridgehead atoms. The molecule has 0 heterocycles. The van der Waals surface area contributed by atoms with Crippen molar-refractivity contribution in [2.24, 2.45) is 5.73 Å². The molecular formula is C9H20N2O2. The molecule has 1 atom stereocenters. The number of carbonyl (C=O) groups excluding carboxylic acids is 1. The summed E-state index contributed by atoms with van der Waals surface area (Å²) in [5, 5.41) is 3.19. The molecule has 0 saturated heterocycles. The van der Waals surface area contributed by atoms with Crippen molar-refractivity contribution < 1.29 is 9.53 Å². The summed E-state index contributed by atoms with van der Waals surface area (Å²) >= 11 is 0. The van der Waals surface area contributed by atoms with Gasteiger partial charge in [0.25, 0.3) is 0 Å². The largest absolute Gasteiger partial charge is 0.382 e. The summed E-state index contributed by atoms with van der Waals surface area (Å²) in [5.74, 6) is -0.259. The van der Waals surface area contributed by atoms with E-state index in [1.165, 1.54) is 0 Å². The van der Waals surface area contributed by atoms with Gasteiger partial charge in [-0.1, -0.05) is 0 Å². The van der Waals surface area contributed by atoms with Gasteiger partial charge in [0, 0.05) is 25.7 Å². The fraction of sp³-hybridized carbons (Fsp3) is 0.889. The predicted octanol–water partition coefficient (Wildman–Crippen LogP) is 0.267. The smallest absolute Gasteiger partial charge is 0.218 e. The first kappa shape index (κ1) is 12.4. The van der Waals surface area contributed by atoms with Gasteiger partial charge in [0.15, 0.2) is 0 Å². The van der Waals surface area contributed by atoms with Gasteiger partial charge in [0.2, 0.25) is 5.91 Å². The first-order valence-corrected chi connectivity index (χ1v) is 4.76. The topological polar surface area (TPSA) is 64.3 Å². The van der Waals surface area contributed by atoms with Crippen molar-refractivity contribution in [3.63, 3.8) is 0 Å². The van der Waals surface area contributed by atoms with Crippen molar-refractivity contribution in [3.05, 3.63) is 0 Å². The zero-order valence-electron chi connectivity index (χ0n) is 8.51. The van der Waals surface area contributed by atoms with Crippen LogP contribution in [-0.4, -0.2) is 31.7 Å². The number of carbonyl (C=O) groups is 1. The Labute approximate surface area is 79.8 Å². The van der Waals surface area contributed by atoms with E-state index in [1.807, 2.05) is 13.8 Å². The van der Waals surface area contributed by atoms with Crippen molar-refractivity contribution >= 4 is 5.91 Å². The zero-order valence-corrected chi connectivity index (χ0v) is 8.51. The standard InChI is InChI=1S/C9H20N2O2/c1-3-13-6-4-5-11-8(2)7-9(10)12/h8,11H,3-7H2,1-2H3,(H2,10,12). The van der Waals surface area contributed by atoms with Gasteiger partial charge in [0.05, 0.1) is 0 Å². The summed E-state index contributed by atoms with van der Waals surface area (Å²) in [6.45, 7) is 6.33. The quantitative estimate of drug-likeness (QED) is 0.537. The van der Waals surface area contributed by atoms with Gasteiger partial charge in [-0.25, -0.2) is 0 Å². The van der Waals surface area contributed by atoms with Crippen LogP contribution in [0.25, 0.3) is 0 Å². The van der Waals surface area contributed by atoms with E-state index < -0.39 is 0 Å². The summed E-state index contributed by atoms with van der Waals surface area (Å²) in [6.07, 6.45) is 1.37.